The number of allylic oxidation sites excluding steroid dienone is 2. The quantitative estimate of drug-likeness (QED) is 0.683. The molecule has 0 saturated carbocycles. The lowest BCUT2D eigenvalue weighted by atomic mass is 9.73. The Bertz CT molecular complexity index is 1250. The highest BCUT2D eigenvalue weighted by molar-refractivity contribution is 7.80. The number of hydrazine groups is 1. The van der Waals surface area contributed by atoms with Crippen molar-refractivity contribution in [3.05, 3.63) is 76.3 Å². The van der Waals surface area contributed by atoms with Crippen molar-refractivity contribution in [1.29, 1.82) is 0 Å². The maximum absolute atomic E-state index is 6.15. The summed E-state index contributed by atoms with van der Waals surface area (Å²) in [5.41, 5.74) is 6.08. The lowest BCUT2D eigenvalue weighted by molar-refractivity contribution is 0.394. The van der Waals surface area contributed by atoms with Crippen LogP contribution in [0.15, 0.2) is 74.3 Å². The molecule has 2 aromatic rings. The van der Waals surface area contributed by atoms with Gasteiger partial charge in [0.15, 0.2) is 11.0 Å². The molecule has 1 atom stereocenters. The van der Waals surface area contributed by atoms with Crippen LogP contribution in [0.1, 0.15) is 24.3 Å². The van der Waals surface area contributed by atoms with Gasteiger partial charge in [-0.05, 0) is 60.4 Å². The van der Waals surface area contributed by atoms with Gasteiger partial charge in [-0.1, -0.05) is 23.5 Å². The van der Waals surface area contributed by atoms with Crippen molar-refractivity contribution >= 4 is 34.5 Å². The summed E-state index contributed by atoms with van der Waals surface area (Å²) in [5, 5.41) is 10.5. The minimum atomic E-state index is -0.730. The van der Waals surface area contributed by atoms with Gasteiger partial charge in [0.2, 0.25) is 5.88 Å². The zero-order valence-corrected chi connectivity index (χ0v) is 18.1. The number of aromatic nitrogens is 1. The van der Waals surface area contributed by atoms with Gasteiger partial charge in [-0.3, -0.25) is 0 Å². The van der Waals surface area contributed by atoms with Crippen LogP contribution in [0.25, 0.3) is 0 Å². The minimum Gasteiger partial charge on any atom is -0.481 e. The number of anilines is 1. The van der Waals surface area contributed by atoms with Crippen molar-refractivity contribution in [2.45, 2.75) is 24.8 Å². The van der Waals surface area contributed by atoms with Gasteiger partial charge in [0.1, 0.15) is 16.2 Å². The van der Waals surface area contributed by atoms with Gasteiger partial charge < -0.3 is 14.1 Å². The van der Waals surface area contributed by atoms with Crippen molar-refractivity contribution < 1.29 is 9.15 Å². The first-order valence-electron chi connectivity index (χ1n) is 9.83. The molecule has 1 unspecified atom stereocenters. The van der Waals surface area contributed by atoms with Crippen molar-refractivity contribution in [2.24, 2.45) is 10.3 Å². The molecular formula is C21H17ClN6O2S. The Kier molecular flexibility index (Phi) is 4.00. The lowest BCUT2D eigenvalue weighted by Crippen LogP contribution is -2.45. The topological polar surface area (TPSA) is 78.5 Å². The SMILES string of the molecule is COc1ccc2c(n1)C1(C=C3N=NNN32)C(=S)N(Cc2ccc(Cl)o2)C2=C1CCC=C2. The fraction of sp³-hybridized carbons (Fsp3) is 0.238. The molecule has 0 amide bonds. The van der Waals surface area contributed by atoms with E-state index in [4.69, 9.17) is 38.0 Å². The molecule has 3 aliphatic heterocycles. The van der Waals surface area contributed by atoms with E-state index in [0.29, 0.717) is 28.5 Å². The fourth-order valence-corrected chi connectivity index (χ4v) is 5.27. The van der Waals surface area contributed by atoms with Crippen LogP contribution >= 0.6 is 23.8 Å². The summed E-state index contributed by atoms with van der Waals surface area (Å²) in [6, 6.07) is 7.39. The maximum Gasteiger partial charge on any atom is 0.213 e. The summed E-state index contributed by atoms with van der Waals surface area (Å²) in [7, 11) is 1.61. The van der Waals surface area contributed by atoms with E-state index in [0.717, 1.165) is 35.7 Å². The number of hydrogen-bond donors (Lipinski definition) is 1. The number of furan rings is 1. The van der Waals surface area contributed by atoms with Gasteiger partial charge in [-0.2, -0.15) is 5.53 Å². The van der Waals surface area contributed by atoms with Gasteiger partial charge in [0.05, 0.1) is 25.0 Å². The van der Waals surface area contributed by atoms with Gasteiger partial charge in [-0.15, -0.1) is 5.11 Å². The Morgan fingerprint density at radius 2 is 2.23 bits per heavy atom. The Hall–Kier alpha value is -3.17. The highest BCUT2D eigenvalue weighted by Crippen LogP contribution is 2.54. The average Bonchev–Trinajstić information content (AvgIpc) is 3.49. The molecule has 0 saturated heterocycles. The van der Waals surface area contributed by atoms with E-state index >= 15 is 0 Å². The number of thiocarbonyl (C=S) groups is 1. The molecule has 0 bridgehead atoms. The molecule has 8 nitrogen and oxygen atoms in total. The number of nitrogens with zero attached hydrogens (tertiary/aromatic N) is 5. The van der Waals surface area contributed by atoms with Crippen LogP contribution in [0.5, 0.6) is 5.88 Å². The van der Waals surface area contributed by atoms with Crippen molar-refractivity contribution in [1.82, 2.24) is 15.4 Å². The summed E-state index contributed by atoms with van der Waals surface area (Å²) in [4.78, 5) is 7.69. The smallest absolute Gasteiger partial charge is 0.213 e. The normalized spacial score (nSPS) is 23.2. The number of pyridine rings is 1. The third kappa shape index (κ3) is 2.53. The van der Waals surface area contributed by atoms with E-state index in [9.17, 15) is 0 Å². The lowest BCUT2D eigenvalue weighted by Gasteiger charge is -2.37. The molecule has 0 fully saturated rings. The summed E-state index contributed by atoms with van der Waals surface area (Å²) >= 11 is 12.2. The monoisotopic (exact) mass is 452 g/mol. The van der Waals surface area contributed by atoms with E-state index in [1.54, 1.807) is 13.2 Å². The van der Waals surface area contributed by atoms with Gasteiger partial charge >= 0.3 is 0 Å². The number of methoxy groups -OCH3 is 1. The van der Waals surface area contributed by atoms with E-state index in [1.807, 2.05) is 23.2 Å². The fourth-order valence-electron chi connectivity index (χ4n) is 4.66. The molecule has 2 aromatic heterocycles. The van der Waals surface area contributed by atoms with Crippen LogP contribution in [-0.4, -0.2) is 22.0 Å². The first-order chi connectivity index (χ1) is 15.1. The van der Waals surface area contributed by atoms with E-state index in [1.165, 1.54) is 5.57 Å². The molecule has 0 aromatic carbocycles. The molecule has 6 rings (SSSR count). The largest absolute Gasteiger partial charge is 0.481 e. The maximum atomic E-state index is 6.15. The van der Waals surface area contributed by atoms with Crippen molar-refractivity contribution in [2.75, 3.05) is 12.1 Å². The predicted octanol–water partition coefficient (Wildman–Crippen LogP) is 4.57. The van der Waals surface area contributed by atoms with Crippen LogP contribution in [0.2, 0.25) is 5.22 Å². The van der Waals surface area contributed by atoms with Crippen LogP contribution in [0.3, 0.4) is 0 Å². The Morgan fingerprint density at radius 1 is 1.32 bits per heavy atom. The summed E-state index contributed by atoms with van der Waals surface area (Å²) in [6.07, 6.45) is 8.13. The Morgan fingerprint density at radius 3 is 3.03 bits per heavy atom. The average molecular weight is 453 g/mol. The number of ether oxygens (including phenoxy) is 1. The summed E-state index contributed by atoms with van der Waals surface area (Å²) in [6.45, 7) is 0.475. The molecule has 0 radical (unpaired) electrons. The highest BCUT2D eigenvalue weighted by atomic mass is 35.5. The number of fused-ring (bicyclic) bond motifs is 5. The standard InChI is InChI=1S/C21H17ClN6O2S/c1-29-18-9-7-15-19(23-18)21(10-17-24-25-26-28(15)17)13-4-2-3-5-14(13)27(20(21)31)11-12-6-8-16(22)30-12/h3,5-10H,2,4,11H2,1H3,(H,24,26). The minimum absolute atomic E-state index is 0.354. The molecule has 10 heteroatoms. The third-order valence-electron chi connectivity index (χ3n) is 5.98. The van der Waals surface area contributed by atoms with E-state index < -0.39 is 5.41 Å². The number of nitrogens with one attached hydrogen (secondary N) is 1. The zero-order chi connectivity index (χ0) is 21.2. The zero-order valence-electron chi connectivity index (χ0n) is 16.5. The van der Waals surface area contributed by atoms with Gasteiger partial charge in [-0.25, -0.2) is 9.99 Å². The van der Waals surface area contributed by atoms with Crippen LogP contribution in [0, 0.1) is 0 Å². The molecule has 1 spiro atoms. The second-order valence-corrected chi connectivity index (χ2v) is 8.33. The number of halogens is 1. The molecule has 1 aliphatic carbocycles. The first kappa shape index (κ1) is 18.6. The second kappa shape index (κ2) is 6.66. The molecule has 31 heavy (non-hydrogen) atoms. The van der Waals surface area contributed by atoms with Crippen molar-refractivity contribution in [3.63, 3.8) is 0 Å². The van der Waals surface area contributed by atoms with Crippen LogP contribution in [-0.2, 0) is 12.0 Å². The molecule has 5 heterocycles. The third-order valence-corrected chi connectivity index (χ3v) is 6.73. The predicted molar refractivity (Wildman–Crippen MR) is 118 cm³/mol. The molecular weight excluding hydrogens is 436 g/mol. The number of hydrogen-bond acceptors (Lipinski definition) is 8. The second-order valence-electron chi connectivity index (χ2n) is 7.57. The van der Waals surface area contributed by atoms with Crippen LogP contribution in [0.4, 0.5) is 5.69 Å². The Labute approximate surface area is 188 Å². The van der Waals surface area contributed by atoms with Gasteiger partial charge in [0, 0.05) is 11.8 Å². The van der Waals surface area contributed by atoms with E-state index in [2.05, 4.69) is 39.0 Å². The number of rotatable bonds is 3. The van der Waals surface area contributed by atoms with E-state index in [-0.39, 0.29) is 0 Å². The molecule has 4 aliphatic rings. The van der Waals surface area contributed by atoms with Gasteiger partial charge in [0.25, 0.3) is 0 Å². The highest BCUT2D eigenvalue weighted by Gasteiger charge is 2.54. The summed E-state index contributed by atoms with van der Waals surface area (Å²) in [5.74, 6) is 1.95. The summed E-state index contributed by atoms with van der Waals surface area (Å²) < 4.78 is 11.1. The van der Waals surface area contributed by atoms with Crippen molar-refractivity contribution in [3.8, 4) is 5.88 Å². The molecule has 156 valence electrons. The molecule has 1 N–H and O–H groups in total. The Balaban J connectivity index is 1.57. The van der Waals surface area contributed by atoms with Crippen LogP contribution < -0.4 is 15.3 Å². The first-order valence-corrected chi connectivity index (χ1v) is 10.6.